The van der Waals surface area contributed by atoms with E-state index >= 15 is 0 Å². The summed E-state index contributed by atoms with van der Waals surface area (Å²) in [6.45, 7) is 13.3. The van der Waals surface area contributed by atoms with Crippen LogP contribution in [0, 0.1) is 6.57 Å². The van der Waals surface area contributed by atoms with Crippen molar-refractivity contribution in [2.45, 2.75) is 37.5 Å². The molecule has 1 aromatic heterocycles. The third-order valence-corrected chi connectivity index (χ3v) is 10.2. The Kier molecular flexibility index (Phi) is 9.29. The van der Waals surface area contributed by atoms with Crippen molar-refractivity contribution in [3.05, 3.63) is 76.9 Å². The fourth-order valence-corrected chi connectivity index (χ4v) is 7.73. The van der Waals surface area contributed by atoms with Crippen LogP contribution in [0.5, 0.6) is 11.8 Å². The van der Waals surface area contributed by atoms with Crippen LogP contribution < -0.4 is 14.4 Å². The fourth-order valence-electron chi connectivity index (χ4n) is 7.45. The Balaban J connectivity index is 1.38. The second kappa shape index (κ2) is 13.8. The van der Waals surface area contributed by atoms with E-state index < -0.39 is 17.8 Å². The van der Waals surface area contributed by atoms with Gasteiger partial charge in [-0.15, -0.1) is 0 Å². The van der Waals surface area contributed by atoms with Crippen molar-refractivity contribution in [1.82, 2.24) is 19.8 Å². The van der Waals surface area contributed by atoms with Gasteiger partial charge in [-0.1, -0.05) is 48.5 Å². The second-order valence-corrected chi connectivity index (χ2v) is 13.3. The zero-order chi connectivity index (χ0) is 34.2. The molecule has 1 unspecified atom stereocenters. The number of rotatable bonds is 8. The van der Waals surface area contributed by atoms with Crippen LogP contribution in [0.1, 0.15) is 18.4 Å². The van der Waals surface area contributed by atoms with E-state index in [0.29, 0.717) is 41.9 Å². The first-order valence-electron chi connectivity index (χ1n) is 16.5. The highest BCUT2D eigenvalue weighted by Gasteiger charge is 2.37. The van der Waals surface area contributed by atoms with Gasteiger partial charge in [0.2, 0.25) is 6.54 Å². The number of carbonyl (C=O) groups is 1. The van der Waals surface area contributed by atoms with Crippen LogP contribution in [0.3, 0.4) is 0 Å². The Bertz CT molecular complexity index is 1980. The van der Waals surface area contributed by atoms with Crippen LogP contribution in [0.4, 0.5) is 10.2 Å². The number of anilines is 1. The number of benzene rings is 3. The molecule has 49 heavy (non-hydrogen) atoms. The summed E-state index contributed by atoms with van der Waals surface area (Å²) < 4.78 is 32.4. The van der Waals surface area contributed by atoms with Crippen molar-refractivity contribution < 1.29 is 23.4 Å². The summed E-state index contributed by atoms with van der Waals surface area (Å²) in [7, 11) is 3.78. The number of carbonyl (C=O) groups excluding carboxylic acids is 1. The fraction of sp³-hybridized carbons (Fsp3) is 0.405. The zero-order valence-electron chi connectivity index (χ0n) is 27.6. The van der Waals surface area contributed by atoms with Crippen molar-refractivity contribution in [1.29, 1.82) is 0 Å². The third-order valence-electron chi connectivity index (χ3n) is 9.93. The molecule has 4 heterocycles. The third kappa shape index (κ3) is 6.25. The lowest BCUT2D eigenvalue weighted by Gasteiger charge is -2.40. The van der Waals surface area contributed by atoms with Crippen LogP contribution in [-0.2, 0) is 16.0 Å². The van der Waals surface area contributed by atoms with Gasteiger partial charge in [0, 0.05) is 55.3 Å². The average molecular weight is 685 g/mol. The summed E-state index contributed by atoms with van der Waals surface area (Å²) >= 11 is 6.82. The van der Waals surface area contributed by atoms with Gasteiger partial charge in [-0.25, -0.2) is 11.0 Å². The molecule has 0 radical (unpaired) electrons. The Labute approximate surface area is 289 Å². The Morgan fingerprint density at radius 2 is 1.96 bits per heavy atom. The van der Waals surface area contributed by atoms with E-state index in [1.165, 1.54) is 4.90 Å². The molecule has 4 aromatic rings. The van der Waals surface area contributed by atoms with E-state index in [1.54, 1.807) is 7.11 Å². The van der Waals surface area contributed by atoms with Gasteiger partial charge in [0.25, 0.3) is 5.91 Å². The van der Waals surface area contributed by atoms with Gasteiger partial charge in [0.1, 0.15) is 24.2 Å². The molecule has 2 saturated heterocycles. The van der Waals surface area contributed by atoms with Gasteiger partial charge in [0.05, 0.1) is 23.6 Å². The number of ether oxygens (including phenoxy) is 3. The van der Waals surface area contributed by atoms with Crippen LogP contribution in [0.15, 0.2) is 54.9 Å². The lowest BCUT2D eigenvalue weighted by atomic mass is 9.89. The normalized spacial score (nSPS) is 21.0. The second-order valence-electron chi connectivity index (χ2n) is 12.9. The molecule has 0 bridgehead atoms. The SMILES string of the molecule is [C-]#[N+]C[C@H]1CN(c2nc(OCC3C[C@@H](OC)CN3C)nc3cc(-c4cccc5cccc(Cl)c45)c4c(c23)OCCC4)CCN1C(=O)C(=C)F. The molecule has 3 aliphatic rings. The zero-order valence-corrected chi connectivity index (χ0v) is 28.4. The van der Waals surface area contributed by atoms with E-state index in [1.807, 2.05) is 23.1 Å². The molecule has 0 N–H and O–H groups in total. The molecule has 3 atom stereocenters. The van der Waals surface area contributed by atoms with E-state index in [2.05, 4.69) is 47.6 Å². The van der Waals surface area contributed by atoms with Gasteiger partial charge in [-0.05, 0) is 55.0 Å². The molecule has 2 fully saturated rings. The molecular weight excluding hydrogens is 647 g/mol. The molecule has 0 spiro atoms. The highest BCUT2D eigenvalue weighted by atomic mass is 35.5. The number of hydrogen-bond acceptors (Lipinski definition) is 8. The Morgan fingerprint density at radius 3 is 2.71 bits per heavy atom. The summed E-state index contributed by atoms with van der Waals surface area (Å²) in [6, 6.07) is 13.9. The molecule has 3 aromatic carbocycles. The minimum absolute atomic E-state index is 0.0111. The lowest BCUT2D eigenvalue weighted by Crippen LogP contribution is -2.56. The van der Waals surface area contributed by atoms with Gasteiger partial charge in [-0.2, -0.15) is 9.97 Å². The van der Waals surface area contributed by atoms with Gasteiger partial charge >= 0.3 is 6.01 Å². The number of hydrogen-bond donors (Lipinski definition) is 0. The largest absolute Gasteiger partial charge is 0.492 e. The number of piperazine rings is 1. The van der Waals surface area contributed by atoms with E-state index in [0.717, 1.165) is 58.7 Å². The monoisotopic (exact) mass is 684 g/mol. The summed E-state index contributed by atoms with van der Waals surface area (Å²) in [4.78, 5) is 31.9. The van der Waals surface area contributed by atoms with Crippen LogP contribution in [0.25, 0.3) is 37.6 Å². The number of amides is 1. The summed E-state index contributed by atoms with van der Waals surface area (Å²) in [6.07, 6.45) is 2.59. The highest BCUT2D eigenvalue weighted by Crippen LogP contribution is 2.46. The van der Waals surface area contributed by atoms with Crippen LogP contribution in [0.2, 0.25) is 5.02 Å². The predicted octanol–water partition coefficient (Wildman–Crippen LogP) is 5.95. The van der Waals surface area contributed by atoms with E-state index in [4.69, 9.17) is 42.4 Å². The number of nitrogens with zero attached hydrogens (tertiary/aromatic N) is 6. The van der Waals surface area contributed by atoms with Gasteiger partial charge in [0.15, 0.2) is 5.83 Å². The number of halogens is 2. The van der Waals surface area contributed by atoms with Crippen molar-refractivity contribution in [2.24, 2.45) is 0 Å². The smallest absolute Gasteiger partial charge is 0.319 e. The quantitative estimate of drug-likeness (QED) is 0.167. The van der Waals surface area contributed by atoms with Gasteiger partial charge in [-0.3, -0.25) is 9.69 Å². The molecule has 0 saturated carbocycles. The topological polar surface area (TPSA) is 84.6 Å². The molecule has 12 heteroatoms. The maximum Gasteiger partial charge on any atom is 0.319 e. The molecule has 10 nitrogen and oxygen atoms in total. The van der Waals surface area contributed by atoms with E-state index in [9.17, 15) is 9.18 Å². The molecule has 3 aliphatic heterocycles. The van der Waals surface area contributed by atoms with E-state index in [-0.39, 0.29) is 37.8 Å². The molecular formula is C37H38ClFN6O4. The summed E-state index contributed by atoms with van der Waals surface area (Å²) in [5.41, 5.74) is 3.66. The minimum Gasteiger partial charge on any atom is -0.492 e. The number of fused-ring (bicyclic) bond motifs is 4. The van der Waals surface area contributed by atoms with Crippen LogP contribution in [-0.4, -0.2) is 104 Å². The highest BCUT2D eigenvalue weighted by molar-refractivity contribution is 6.36. The molecule has 7 rings (SSSR count). The number of methoxy groups -OCH3 is 1. The maximum absolute atomic E-state index is 14.0. The van der Waals surface area contributed by atoms with Gasteiger partial charge < -0.3 is 28.9 Å². The van der Waals surface area contributed by atoms with Crippen LogP contribution >= 0.6 is 11.6 Å². The maximum atomic E-state index is 14.0. The molecule has 254 valence electrons. The first kappa shape index (κ1) is 33.0. The van der Waals surface area contributed by atoms with Crippen molar-refractivity contribution in [3.63, 3.8) is 0 Å². The first-order valence-corrected chi connectivity index (χ1v) is 16.9. The van der Waals surface area contributed by atoms with Crippen molar-refractivity contribution >= 4 is 45.0 Å². The predicted molar refractivity (Wildman–Crippen MR) is 188 cm³/mol. The Morgan fingerprint density at radius 1 is 1.14 bits per heavy atom. The molecule has 1 amide bonds. The van der Waals surface area contributed by atoms with Crippen molar-refractivity contribution in [2.75, 3.05) is 65.0 Å². The number of likely N-dealkylation sites (tertiary alicyclic amines) is 1. The average Bonchev–Trinajstić information content (AvgIpc) is 3.48. The molecule has 0 aliphatic carbocycles. The van der Waals surface area contributed by atoms with Crippen molar-refractivity contribution in [3.8, 4) is 22.9 Å². The first-order chi connectivity index (χ1) is 23.8. The number of aromatic nitrogens is 2. The summed E-state index contributed by atoms with van der Waals surface area (Å²) in [5, 5.41) is 3.40. The lowest BCUT2D eigenvalue weighted by molar-refractivity contribution is -0.131. The Hall–Kier alpha value is -4.50. The standard InChI is InChI=1S/C37H38ClFN6O4/c1-22(39)36(46)45-14-13-44(19-25(45)18-40-2)35-33-31(41-37(42-35)49-21-24-16-26(47-4)20-43(24)3)17-29(28-11-7-15-48-34(28)33)27-10-5-8-23-9-6-12-30(38)32(23)27/h5-6,8-10,12,17,24-26H,1,7,11,13-16,18-21H2,3-4H3/t24?,25-,26+/m0/s1. The number of likely N-dealkylation sites (N-methyl/N-ethyl adjacent to an activating group) is 1. The minimum atomic E-state index is -1.04. The summed E-state index contributed by atoms with van der Waals surface area (Å²) in [5.74, 6) is -0.529.